The van der Waals surface area contributed by atoms with Gasteiger partial charge in [0.05, 0.1) is 6.61 Å². The van der Waals surface area contributed by atoms with Crippen molar-refractivity contribution in [3.8, 4) is 0 Å². The SMILES string of the molecule is NCCC1COOOC1(CCN)CCN. The first kappa shape index (κ1) is 12.8. The van der Waals surface area contributed by atoms with E-state index in [2.05, 4.69) is 5.04 Å². The third kappa shape index (κ3) is 3.10. The number of rotatable bonds is 6. The maximum absolute atomic E-state index is 5.58. The molecule has 1 fully saturated rings. The van der Waals surface area contributed by atoms with E-state index >= 15 is 0 Å². The van der Waals surface area contributed by atoms with Gasteiger partial charge in [-0.3, -0.25) is 0 Å². The van der Waals surface area contributed by atoms with Crippen LogP contribution in [-0.2, 0) is 14.8 Å². The minimum atomic E-state index is -0.429. The van der Waals surface area contributed by atoms with Crippen LogP contribution in [0.1, 0.15) is 19.3 Å². The first-order valence-electron chi connectivity index (χ1n) is 5.36. The van der Waals surface area contributed by atoms with E-state index in [0.29, 0.717) is 39.1 Å². The van der Waals surface area contributed by atoms with Crippen molar-refractivity contribution in [1.29, 1.82) is 0 Å². The third-order valence-corrected chi connectivity index (χ3v) is 2.91. The van der Waals surface area contributed by atoms with Gasteiger partial charge in [0.2, 0.25) is 0 Å². The van der Waals surface area contributed by atoms with Crippen LogP contribution in [0, 0.1) is 5.92 Å². The molecular formula is C9H21N3O3. The van der Waals surface area contributed by atoms with E-state index in [1.807, 2.05) is 0 Å². The monoisotopic (exact) mass is 219 g/mol. The number of nitrogens with two attached hydrogens (primary N) is 3. The second-order valence-electron chi connectivity index (χ2n) is 3.85. The molecule has 6 heteroatoms. The van der Waals surface area contributed by atoms with Crippen LogP contribution in [-0.4, -0.2) is 31.8 Å². The minimum absolute atomic E-state index is 0.198. The molecule has 0 aromatic rings. The lowest BCUT2D eigenvalue weighted by Gasteiger charge is -2.41. The molecule has 0 aliphatic carbocycles. The van der Waals surface area contributed by atoms with Gasteiger partial charge in [-0.2, -0.15) is 4.89 Å². The van der Waals surface area contributed by atoms with Gasteiger partial charge in [-0.1, -0.05) is 5.04 Å². The Morgan fingerprint density at radius 3 is 2.27 bits per heavy atom. The second kappa shape index (κ2) is 6.37. The third-order valence-electron chi connectivity index (χ3n) is 2.91. The summed E-state index contributed by atoms with van der Waals surface area (Å²) in [5.74, 6) is 0.198. The zero-order valence-corrected chi connectivity index (χ0v) is 8.98. The van der Waals surface area contributed by atoms with Crippen molar-refractivity contribution in [2.24, 2.45) is 23.1 Å². The van der Waals surface area contributed by atoms with Crippen LogP contribution in [0.3, 0.4) is 0 Å². The summed E-state index contributed by atoms with van der Waals surface area (Å²) in [5.41, 5.74) is 16.3. The zero-order valence-electron chi connectivity index (χ0n) is 8.98. The Balaban J connectivity index is 2.68. The molecule has 6 N–H and O–H groups in total. The standard InChI is InChI=1S/C9H21N3O3/c10-4-1-8-7-13-15-14-9(8,2-5-11)3-6-12/h8H,1-7,10-12H2. The highest BCUT2D eigenvalue weighted by atomic mass is 17.5. The van der Waals surface area contributed by atoms with Crippen LogP contribution in [0.4, 0.5) is 0 Å². The molecule has 15 heavy (non-hydrogen) atoms. The Morgan fingerprint density at radius 1 is 1.07 bits per heavy atom. The molecule has 1 aliphatic rings. The second-order valence-corrected chi connectivity index (χ2v) is 3.85. The fraction of sp³-hybridized carbons (Fsp3) is 1.00. The van der Waals surface area contributed by atoms with Gasteiger partial charge in [-0.25, -0.2) is 4.89 Å². The number of hydrogen-bond donors (Lipinski definition) is 3. The predicted molar refractivity (Wildman–Crippen MR) is 55.4 cm³/mol. The lowest BCUT2D eigenvalue weighted by molar-refractivity contribution is -0.580. The molecular weight excluding hydrogens is 198 g/mol. The topological polar surface area (TPSA) is 106 Å². The molecule has 1 unspecified atom stereocenters. The van der Waals surface area contributed by atoms with E-state index < -0.39 is 5.60 Å². The molecule has 1 atom stereocenters. The van der Waals surface area contributed by atoms with Gasteiger partial charge in [-0.05, 0) is 38.9 Å². The first-order valence-corrected chi connectivity index (χ1v) is 5.36. The van der Waals surface area contributed by atoms with E-state index in [1.165, 1.54) is 0 Å². The van der Waals surface area contributed by atoms with E-state index in [4.69, 9.17) is 27.0 Å². The lowest BCUT2D eigenvalue weighted by Crippen LogP contribution is -2.50. The molecule has 0 aromatic carbocycles. The maximum atomic E-state index is 5.58. The summed E-state index contributed by atoms with van der Waals surface area (Å²) in [6.45, 7) is 2.14. The summed E-state index contributed by atoms with van der Waals surface area (Å²) in [6.07, 6.45) is 2.24. The van der Waals surface area contributed by atoms with Crippen molar-refractivity contribution in [2.45, 2.75) is 24.9 Å². The van der Waals surface area contributed by atoms with Gasteiger partial charge < -0.3 is 17.2 Å². The van der Waals surface area contributed by atoms with Crippen LogP contribution in [0.25, 0.3) is 0 Å². The summed E-state index contributed by atoms with van der Waals surface area (Å²) in [4.78, 5) is 10.1. The summed E-state index contributed by atoms with van der Waals surface area (Å²) in [7, 11) is 0. The average Bonchev–Trinajstić information content (AvgIpc) is 2.23. The molecule has 0 aromatic heterocycles. The molecule has 0 bridgehead atoms. The normalized spacial score (nSPS) is 25.4. The maximum Gasteiger partial charge on any atom is 0.114 e. The highest BCUT2D eigenvalue weighted by molar-refractivity contribution is 4.89. The largest absolute Gasteiger partial charge is 0.330 e. The highest BCUT2D eigenvalue weighted by Crippen LogP contribution is 2.35. The van der Waals surface area contributed by atoms with Crippen molar-refractivity contribution in [1.82, 2.24) is 0 Å². The fourth-order valence-corrected chi connectivity index (χ4v) is 2.07. The van der Waals surface area contributed by atoms with E-state index in [9.17, 15) is 0 Å². The van der Waals surface area contributed by atoms with Crippen LogP contribution < -0.4 is 17.2 Å². The van der Waals surface area contributed by atoms with Crippen molar-refractivity contribution < 1.29 is 14.8 Å². The van der Waals surface area contributed by atoms with Crippen LogP contribution in [0.15, 0.2) is 0 Å². The molecule has 1 aliphatic heterocycles. The Labute approximate surface area is 89.9 Å². The van der Waals surface area contributed by atoms with E-state index in [-0.39, 0.29) is 5.92 Å². The molecule has 1 saturated heterocycles. The zero-order chi connectivity index (χ0) is 11.1. The molecule has 1 rings (SSSR count). The summed E-state index contributed by atoms with van der Waals surface area (Å²) in [5, 5.41) is 4.62. The van der Waals surface area contributed by atoms with Crippen LogP contribution in [0.2, 0.25) is 0 Å². The van der Waals surface area contributed by atoms with Gasteiger partial charge >= 0.3 is 0 Å². The molecule has 0 amide bonds. The minimum Gasteiger partial charge on any atom is -0.330 e. The highest BCUT2D eigenvalue weighted by Gasteiger charge is 2.43. The summed E-state index contributed by atoms with van der Waals surface area (Å²) in [6, 6.07) is 0. The summed E-state index contributed by atoms with van der Waals surface area (Å²) < 4.78 is 0. The van der Waals surface area contributed by atoms with Gasteiger partial charge in [0.15, 0.2) is 0 Å². The van der Waals surface area contributed by atoms with Crippen molar-refractivity contribution in [3.63, 3.8) is 0 Å². The van der Waals surface area contributed by atoms with Gasteiger partial charge in [-0.15, -0.1) is 0 Å². The molecule has 6 nitrogen and oxygen atoms in total. The number of hydrogen-bond acceptors (Lipinski definition) is 6. The van der Waals surface area contributed by atoms with E-state index in [1.54, 1.807) is 0 Å². The van der Waals surface area contributed by atoms with Crippen molar-refractivity contribution in [3.05, 3.63) is 0 Å². The van der Waals surface area contributed by atoms with Crippen molar-refractivity contribution in [2.75, 3.05) is 26.2 Å². The molecule has 90 valence electrons. The molecule has 0 radical (unpaired) electrons. The Bertz CT molecular complexity index is 166. The predicted octanol–water partition coefficient (Wildman–Crippen LogP) is -0.719. The van der Waals surface area contributed by atoms with E-state index in [0.717, 1.165) is 6.42 Å². The van der Waals surface area contributed by atoms with Crippen LogP contribution in [0.5, 0.6) is 0 Å². The van der Waals surface area contributed by atoms with Gasteiger partial charge in [0.25, 0.3) is 0 Å². The van der Waals surface area contributed by atoms with Crippen LogP contribution >= 0.6 is 0 Å². The Hall–Kier alpha value is -0.240. The molecule has 1 heterocycles. The smallest absolute Gasteiger partial charge is 0.114 e. The lowest BCUT2D eigenvalue weighted by atomic mass is 9.80. The molecule has 0 saturated carbocycles. The quantitative estimate of drug-likeness (QED) is 0.509. The average molecular weight is 219 g/mol. The Kier molecular flexibility index (Phi) is 5.44. The van der Waals surface area contributed by atoms with Gasteiger partial charge in [0.1, 0.15) is 5.60 Å². The first-order chi connectivity index (χ1) is 7.29. The van der Waals surface area contributed by atoms with Gasteiger partial charge in [0, 0.05) is 5.92 Å². The molecule has 0 spiro atoms. The van der Waals surface area contributed by atoms with Crippen molar-refractivity contribution >= 4 is 0 Å². The Morgan fingerprint density at radius 2 is 1.73 bits per heavy atom. The fourth-order valence-electron chi connectivity index (χ4n) is 2.07. The summed E-state index contributed by atoms with van der Waals surface area (Å²) >= 11 is 0.